The molecule has 1 atom stereocenters. The number of carboxylic acid groups (broad SMARTS) is 1. The zero-order valence-electron chi connectivity index (χ0n) is 24.1. The molecule has 5 aromatic rings. The number of hydrogen-bond donors (Lipinski definition) is 3. The van der Waals surface area contributed by atoms with Crippen LogP contribution in [0.5, 0.6) is 17.2 Å². The van der Waals surface area contributed by atoms with Crippen molar-refractivity contribution in [2.24, 2.45) is 0 Å². The van der Waals surface area contributed by atoms with E-state index in [1.165, 1.54) is 16.2 Å². The summed E-state index contributed by atoms with van der Waals surface area (Å²) in [6.45, 7) is 3.12. The third kappa shape index (κ3) is 6.39. The molecular weight excluding hydrogens is 584 g/mol. The number of pyridine rings is 1. The molecule has 1 aliphatic rings. The molecule has 0 bridgehead atoms. The third-order valence-corrected chi connectivity index (χ3v) is 7.96. The Morgan fingerprint density at radius 1 is 1.07 bits per heavy atom. The third-order valence-electron chi connectivity index (χ3n) is 7.21. The highest BCUT2D eigenvalue weighted by atomic mass is 32.1. The fraction of sp³-hybridized carbons (Fsp3) is 0.267. The molecule has 3 aromatic heterocycles. The second-order valence-corrected chi connectivity index (χ2v) is 11.5. The number of fused-ring (bicyclic) bond motifs is 1. The topological polar surface area (TPSA) is 157 Å². The summed E-state index contributed by atoms with van der Waals surface area (Å²) in [6.07, 6.45) is 2.27. The Labute approximate surface area is 256 Å². The molecular formula is C30H30N8O5S. The van der Waals surface area contributed by atoms with E-state index < -0.39 is 6.09 Å². The second-order valence-electron chi connectivity index (χ2n) is 10.3. The van der Waals surface area contributed by atoms with Crippen molar-refractivity contribution in [3.05, 3.63) is 76.9 Å². The van der Waals surface area contributed by atoms with Gasteiger partial charge in [-0.25, -0.2) is 14.5 Å². The minimum absolute atomic E-state index is 0.130. The van der Waals surface area contributed by atoms with E-state index >= 15 is 0 Å². The Kier molecular flexibility index (Phi) is 8.23. The summed E-state index contributed by atoms with van der Waals surface area (Å²) in [5.74, 6) is 2.05. The van der Waals surface area contributed by atoms with Crippen molar-refractivity contribution in [2.45, 2.75) is 32.4 Å². The summed E-state index contributed by atoms with van der Waals surface area (Å²) in [4.78, 5) is 30.4. The lowest BCUT2D eigenvalue weighted by atomic mass is 10.1. The lowest BCUT2D eigenvalue weighted by Gasteiger charge is -2.31. The van der Waals surface area contributed by atoms with Crippen LogP contribution in [0, 0.1) is 6.92 Å². The van der Waals surface area contributed by atoms with Crippen LogP contribution in [0.25, 0.3) is 11.0 Å². The first-order valence-corrected chi connectivity index (χ1v) is 14.8. The highest BCUT2D eigenvalue weighted by molar-refractivity contribution is 7.15. The number of methoxy groups -OCH3 is 1. The molecule has 0 aliphatic carbocycles. The van der Waals surface area contributed by atoms with Crippen LogP contribution in [0.3, 0.4) is 0 Å². The number of aromatic nitrogens is 5. The van der Waals surface area contributed by atoms with Gasteiger partial charge in [-0.15, -0.1) is 10.2 Å². The van der Waals surface area contributed by atoms with Gasteiger partial charge in [-0.3, -0.25) is 10.1 Å². The number of piperidine rings is 1. The summed E-state index contributed by atoms with van der Waals surface area (Å²) in [6, 6.07) is 16.1. The molecule has 2 amide bonds. The average molecular weight is 615 g/mol. The number of aryl methyl sites for hydroxylation is 1. The largest absolute Gasteiger partial charge is 0.497 e. The minimum atomic E-state index is -0.937. The number of anilines is 2. The van der Waals surface area contributed by atoms with Crippen LogP contribution in [0.15, 0.2) is 60.8 Å². The summed E-state index contributed by atoms with van der Waals surface area (Å²) in [7, 11) is 1.62. The Hall–Kier alpha value is -5.24. The van der Waals surface area contributed by atoms with E-state index in [4.69, 9.17) is 14.6 Å². The molecule has 0 spiro atoms. The SMILES string of the molecule is COc1ccc(Cn2nc(N[C@@H]3CCCN(C(=O)O)C3)c3c(Oc4ccc(C(=O)Nc5nnc(C)s5)cc4)ccnc32)cc1. The lowest BCUT2D eigenvalue weighted by Crippen LogP contribution is -2.44. The van der Waals surface area contributed by atoms with Crippen molar-refractivity contribution >= 4 is 45.3 Å². The summed E-state index contributed by atoms with van der Waals surface area (Å²) < 4.78 is 13.4. The predicted octanol–water partition coefficient (Wildman–Crippen LogP) is 5.25. The Balaban J connectivity index is 1.29. The number of rotatable bonds is 9. The van der Waals surface area contributed by atoms with Crippen molar-refractivity contribution < 1.29 is 24.2 Å². The molecule has 226 valence electrons. The Bertz CT molecular complexity index is 1790. The first-order chi connectivity index (χ1) is 21.4. The minimum Gasteiger partial charge on any atom is -0.497 e. The standard InChI is InChI=1S/C30H30N8O5S/c1-18-34-35-29(44-18)33-28(39)20-7-11-23(12-8-20)43-24-13-14-31-27-25(24)26(32-21-4-3-15-37(17-21)30(40)41)36-38(27)16-19-5-9-22(42-2)10-6-19/h5-14,21H,3-4,15-17H2,1-2H3,(H,32,36)(H,40,41)(H,33,35,39)/t21-/m1/s1. The van der Waals surface area contributed by atoms with Crippen LogP contribution >= 0.6 is 11.3 Å². The van der Waals surface area contributed by atoms with E-state index in [1.54, 1.807) is 48.3 Å². The number of benzene rings is 2. The maximum atomic E-state index is 12.7. The van der Waals surface area contributed by atoms with Gasteiger partial charge in [-0.2, -0.15) is 5.10 Å². The van der Waals surface area contributed by atoms with E-state index in [0.29, 0.717) is 58.7 Å². The fourth-order valence-electron chi connectivity index (χ4n) is 5.05. The van der Waals surface area contributed by atoms with E-state index in [1.807, 2.05) is 31.2 Å². The molecule has 1 fully saturated rings. The van der Waals surface area contributed by atoms with E-state index in [9.17, 15) is 14.7 Å². The quantitative estimate of drug-likeness (QED) is 0.200. The second kappa shape index (κ2) is 12.6. The number of amides is 2. The van der Waals surface area contributed by atoms with Gasteiger partial charge in [0.15, 0.2) is 11.5 Å². The monoisotopic (exact) mass is 614 g/mol. The molecule has 3 N–H and O–H groups in total. The first kappa shape index (κ1) is 28.9. The number of hydrogen-bond acceptors (Lipinski definition) is 10. The zero-order chi connectivity index (χ0) is 30.6. The molecule has 44 heavy (non-hydrogen) atoms. The van der Waals surface area contributed by atoms with Crippen LogP contribution in [0.1, 0.15) is 33.8 Å². The number of ether oxygens (including phenoxy) is 2. The maximum Gasteiger partial charge on any atom is 0.407 e. The molecule has 2 aromatic carbocycles. The molecule has 1 aliphatic heterocycles. The number of nitrogens with one attached hydrogen (secondary N) is 2. The van der Waals surface area contributed by atoms with Gasteiger partial charge in [0.1, 0.15) is 27.6 Å². The van der Waals surface area contributed by atoms with Gasteiger partial charge in [0.05, 0.1) is 13.7 Å². The first-order valence-electron chi connectivity index (χ1n) is 14.0. The van der Waals surface area contributed by atoms with Crippen LogP contribution in [-0.2, 0) is 6.54 Å². The van der Waals surface area contributed by atoms with E-state index in [2.05, 4.69) is 25.8 Å². The van der Waals surface area contributed by atoms with Gasteiger partial charge in [0.2, 0.25) is 5.13 Å². The molecule has 13 nitrogen and oxygen atoms in total. The molecule has 6 rings (SSSR count). The Morgan fingerprint density at radius 2 is 1.84 bits per heavy atom. The van der Waals surface area contributed by atoms with Crippen molar-refractivity contribution in [3.63, 3.8) is 0 Å². The van der Waals surface area contributed by atoms with E-state index in [0.717, 1.165) is 29.2 Å². The van der Waals surface area contributed by atoms with Crippen molar-refractivity contribution in [1.82, 2.24) is 29.9 Å². The number of carbonyl (C=O) groups is 2. The molecule has 0 saturated carbocycles. The normalized spacial score (nSPS) is 14.8. The lowest BCUT2D eigenvalue weighted by molar-refractivity contribution is 0.102. The van der Waals surface area contributed by atoms with Crippen LogP contribution < -0.4 is 20.1 Å². The predicted molar refractivity (Wildman–Crippen MR) is 165 cm³/mol. The van der Waals surface area contributed by atoms with Crippen molar-refractivity contribution in [2.75, 3.05) is 30.8 Å². The van der Waals surface area contributed by atoms with Gasteiger partial charge in [0, 0.05) is 37.0 Å². The van der Waals surface area contributed by atoms with Gasteiger partial charge < -0.3 is 24.8 Å². The van der Waals surface area contributed by atoms with Crippen LogP contribution in [-0.4, -0.2) is 73.2 Å². The average Bonchev–Trinajstić information content (AvgIpc) is 3.60. The molecule has 14 heteroatoms. The molecule has 0 radical (unpaired) electrons. The van der Waals surface area contributed by atoms with Gasteiger partial charge >= 0.3 is 6.09 Å². The summed E-state index contributed by atoms with van der Waals surface area (Å²) in [5, 5.41) is 30.4. The van der Waals surface area contributed by atoms with Crippen LogP contribution in [0.4, 0.5) is 15.7 Å². The number of nitrogens with zero attached hydrogens (tertiary/aromatic N) is 6. The number of likely N-dealkylation sites (tertiary alicyclic amines) is 1. The highest BCUT2D eigenvalue weighted by Gasteiger charge is 2.26. The smallest absolute Gasteiger partial charge is 0.407 e. The van der Waals surface area contributed by atoms with Crippen molar-refractivity contribution in [1.29, 1.82) is 0 Å². The van der Waals surface area contributed by atoms with Crippen LogP contribution in [0.2, 0.25) is 0 Å². The summed E-state index contributed by atoms with van der Waals surface area (Å²) >= 11 is 1.30. The van der Waals surface area contributed by atoms with Gasteiger partial charge in [-0.1, -0.05) is 23.5 Å². The molecule has 1 saturated heterocycles. The maximum absolute atomic E-state index is 12.7. The van der Waals surface area contributed by atoms with Gasteiger partial charge in [0.25, 0.3) is 5.91 Å². The summed E-state index contributed by atoms with van der Waals surface area (Å²) in [5.41, 5.74) is 2.05. The fourth-order valence-corrected chi connectivity index (χ4v) is 5.64. The molecule has 4 heterocycles. The van der Waals surface area contributed by atoms with Crippen molar-refractivity contribution in [3.8, 4) is 17.2 Å². The highest BCUT2D eigenvalue weighted by Crippen LogP contribution is 2.35. The Morgan fingerprint density at radius 3 is 2.55 bits per heavy atom. The number of carbonyl (C=O) groups excluding carboxylic acids is 1. The molecule has 0 unspecified atom stereocenters. The zero-order valence-corrected chi connectivity index (χ0v) is 24.9. The van der Waals surface area contributed by atoms with Gasteiger partial charge in [-0.05, 0) is 61.7 Å². The van der Waals surface area contributed by atoms with E-state index in [-0.39, 0.29) is 11.9 Å².